The number of hydrogen-bond donors (Lipinski definition) is 2. The third-order valence-electron chi connectivity index (χ3n) is 5.66. The highest BCUT2D eigenvalue weighted by atomic mass is 16.3. The maximum atomic E-state index is 10.4. The van der Waals surface area contributed by atoms with Crippen molar-refractivity contribution in [2.24, 2.45) is 0 Å². The van der Waals surface area contributed by atoms with Crippen molar-refractivity contribution in [3.63, 3.8) is 0 Å². The zero-order valence-corrected chi connectivity index (χ0v) is 14.0. The molecule has 23 heavy (non-hydrogen) atoms. The molecule has 3 unspecified atom stereocenters. The number of imidazole rings is 1. The Morgan fingerprint density at radius 3 is 2.91 bits per heavy atom. The number of benzene rings is 1. The van der Waals surface area contributed by atoms with Crippen LogP contribution in [0.3, 0.4) is 0 Å². The number of aryl methyl sites for hydroxylation is 1. The van der Waals surface area contributed by atoms with Gasteiger partial charge in [-0.15, -0.1) is 0 Å². The van der Waals surface area contributed by atoms with Gasteiger partial charge in [0, 0.05) is 18.5 Å². The van der Waals surface area contributed by atoms with Crippen molar-refractivity contribution in [3.05, 3.63) is 29.6 Å². The van der Waals surface area contributed by atoms with Gasteiger partial charge >= 0.3 is 0 Å². The molecule has 4 heteroatoms. The van der Waals surface area contributed by atoms with Gasteiger partial charge in [0.05, 0.1) is 17.1 Å². The van der Waals surface area contributed by atoms with Gasteiger partial charge in [-0.1, -0.05) is 18.9 Å². The third kappa shape index (κ3) is 3.02. The second kappa shape index (κ2) is 6.25. The highest BCUT2D eigenvalue weighted by Crippen LogP contribution is 2.31. The fourth-order valence-corrected chi connectivity index (χ4v) is 4.39. The summed E-state index contributed by atoms with van der Waals surface area (Å²) in [7, 11) is 0. The van der Waals surface area contributed by atoms with Gasteiger partial charge in [0.2, 0.25) is 0 Å². The number of H-pyrrole nitrogens is 1. The van der Waals surface area contributed by atoms with Crippen LogP contribution in [0.15, 0.2) is 18.2 Å². The van der Waals surface area contributed by atoms with E-state index in [0.717, 1.165) is 42.8 Å². The number of nitrogens with zero attached hydrogens (tertiary/aromatic N) is 2. The number of aliphatic hydroxyl groups is 1. The summed E-state index contributed by atoms with van der Waals surface area (Å²) in [6.07, 6.45) is 6.80. The molecule has 0 bridgehead atoms. The monoisotopic (exact) mass is 313 g/mol. The van der Waals surface area contributed by atoms with Crippen molar-refractivity contribution in [3.8, 4) is 0 Å². The number of aromatic amines is 1. The molecule has 0 radical (unpaired) electrons. The first kappa shape index (κ1) is 15.2. The molecule has 2 N–H and O–H groups in total. The second-order valence-electron chi connectivity index (χ2n) is 7.40. The zero-order chi connectivity index (χ0) is 15.8. The number of likely N-dealkylation sites (tertiary alicyclic amines) is 1. The summed E-state index contributed by atoms with van der Waals surface area (Å²) >= 11 is 0. The van der Waals surface area contributed by atoms with E-state index >= 15 is 0 Å². The molecule has 2 aliphatic rings. The first-order valence-corrected chi connectivity index (χ1v) is 9.09. The number of nitrogens with one attached hydrogen (secondary N) is 1. The average Bonchev–Trinajstić information content (AvgIpc) is 2.98. The predicted octanol–water partition coefficient (Wildman–Crippen LogP) is 3.35. The maximum absolute atomic E-state index is 10.4. The van der Waals surface area contributed by atoms with Crippen LogP contribution >= 0.6 is 0 Å². The van der Waals surface area contributed by atoms with Crippen molar-refractivity contribution >= 4 is 11.0 Å². The molecular formula is C19H27N3O. The van der Waals surface area contributed by atoms with Crippen LogP contribution in [0, 0.1) is 6.92 Å². The molecule has 1 aromatic carbocycles. The lowest BCUT2D eigenvalue weighted by molar-refractivity contribution is 0.00681. The van der Waals surface area contributed by atoms with E-state index in [9.17, 15) is 5.11 Å². The first-order valence-electron chi connectivity index (χ1n) is 9.09. The van der Waals surface area contributed by atoms with Gasteiger partial charge < -0.3 is 10.1 Å². The van der Waals surface area contributed by atoms with E-state index in [-0.39, 0.29) is 6.10 Å². The molecule has 1 aliphatic carbocycles. The molecule has 2 fully saturated rings. The Hall–Kier alpha value is -1.39. The van der Waals surface area contributed by atoms with Crippen LogP contribution in [0.2, 0.25) is 0 Å². The van der Waals surface area contributed by atoms with Crippen LogP contribution in [-0.2, 0) is 0 Å². The zero-order valence-electron chi connectivity index (χ0n) is 14.0. The molecule has 0 spiro atoms. The van der Waals surface area contributed by atoms with Gasteiger partial charge in [0.15, 0.2) is 0 Å². The van der Waals surface area contributed by atoms with E-state index in [2.05, 4.69) is 35.0 Å². The predicted molar refractivity (Wildman–Crippen MR) is 92.6 cm³/mol. The topological polar surface area (TPSA) is 52.1 Å². The number of fused-ring (bicyclic) bond motifs is 1. The summed E-state index contributed by atoms with van der Waals surface area (Å²) < 4.78 is 0. The molecule has 0 amide bonds. The van der Waals surface area contributed by atoms with Crippen molar-refractivity contribution in [2.45, 2.75) is 63.5 Å². The molecule has 124 valence electrons. The Morgan fingerprint density at radius 1 is 1.17 bits per heavy atom. The molecule has 1 saturated carbocycles. The van der Waals surface area contributed by atoms with E-state index in [1.54, 1.807) is 0 Å². The van der Waals surface area contributed by atoms with Crippen LogP contribution < -0.4 is 0 Å². The van der Waals surface area contributed by atoms with E-state index < -0.39 is 0 Å². The molecule has 2 aromatic rings. The number of aromatic nitrogens is 2. The Labute approximate surface area is 137 Å². The highest BCUT2D eigenvalue weighted by molar-refractivity contribution is 5.75. The smallest absolute Gasteiger partial charge is 0.111 e. The number of aliphatic hydroxyl groups excluding tert-OH is 1. The SMILES string of the molecule is Cc1ccc2nc(C3CCCN(C4CCCCC4O)C3)[nH]c2c1. The Balaban J connectivity index is 1.53. The standard InChI is InChI=1S/C19H27N3O/c1-13-8-9-15-16(11-13)21-19(20-15)14-5-4-10-22(12-14)17-6-2-3-7-18(17)23/h8-9,11,14,17-18,23H,2-7,10,12H2,1H3,(H,20,21). The second-order valence-corrected chi connectivity index (χ2v) is 7.40. The average molecular weight is 313 g/mol. The van der Waals surface area contributed by atoms with Crippen LogP contribution in [0.4, 0.5) is 0 Å². The van der Waals surface area contributed by atoms with Crippen LogP contribution in [0.5, 0.6) is 0 Å². The molecule has 2 heterocycles. The molecular weight excluding hydrogens is 286 g/mol. The van der Waals surface area contributed by atoms with Crippen molar-refractivity contribution in [1.29, 1.82) is 0 Å². The van der Waals surface area contributed by atoms with Crippen LogP contribution in [0.25, 0.3) is 11.0 Å². The minimum Gasteiger partial charge on any atom is -0.391 e. The highest BCUT2D eigenvalue weighted by Gasteiger charge is 2.33. The van der Waals surface area contributed by atoms with Gasteiger partial charge in [-0.05, 0) is 56.8 Å². The lowest BCUT2D eigenvalue weighted by Gasteiger charge is -2.41. The van der Waals surface area contributed by atoms with E-state index in [1.807, 2.05) is 0 Å². The van der Waals surface area contributed by atoms with Crippen molar-refractivity contribution in [2.75, 3.05) is 13.1 Å². The van der Waals surface area contributed by atoms with Gasteiger partial charge in [-0.2, -0.15) is 0 Å². The van der Waals surface area contributed by atoms with E-state index in [1.165, 1.54) is 31.2 Å². The fourth-order valence-electron chi connectivity index (χ4n) is 4.39. The Morgan fingerprint density at radius 2 is 2.04 bits per heavy atom. The van der Waals surface area contributed by atoms with Crippen molar-refractivity contribution in [1.82, 2.24) is 14.9 Å². The maximum Gasteiger partial charge on any atom is 0.111 e. The van der Waals surface area contributed by atoms with Gasteiger partial charge in [0.1, 0.15) is 5.82 Å². The molecule has 1 aromatic heterocycles. The van der Waals surface area contributed by atoms with Gasteiger partial charge in [-0.3, -0.25) is 4.90 Å². The summed E-state index contributed by atoms with van der Waals surface area (Å²) in [5, 5.41) is 10.4. The number of piperidine rings is 1. The van der Waals surface area contributed by atoms with Crippen molar-refractivity contribution < 1.29 is 5.11 Å². The minimum atomic E-state index is -0.138. The van der Waals surface area contributed by atoms with Crippen LogP contribution in [0.1, 0.15) is 55.8 Å². The lowest BCUT2D eigenvalue weighted by atomic mass is 9.88. The van der Waals surface area contributed by atoms with Gasteiger partial charge in [-0.25, -0.2) is 4.98 Å². The number of hydrogen-bond acceptors (Lipinski definition) is 3. The summed E-state index contributed by atoms with van der Waals surface area (Å²) in [5.41, 5.74) is 3.48. The fraction of sp³-hybridized carbons (Fsp3) is 0.632. The summed E-state index contributed by atoms with van der Waals surface area (Å²) in [6, 6.07) is 6.77. The molecule has 4 nitrogen and oxygen atoms in total. The molecule has 3 atom stereocenters. The third-order valence-corrected chi connectivity index (χ3v) is 5.66. The van der Waals surface area contributed by atoms with Gasteiger partial charge in [0.25, 0.3) is 0 Å². The minimum absolute atomic E-state index is 0.138. The Bertz CT molecular complexity index is 680. The lowest BCUT2D eigenvalue weighted by Crippen LogP contribution is -2.49. The quantitative estimate of drug-likeness (QED) is 0.894. The van der Waals surface area contributed by atoms with E-state index in [0.29, 0.717) is 12.0 Å². The van der Waals surface area contributed by atoms with Crippen LogP contribution in [-0.4, -0.2) is 45.2 Å². The molecule has 1 aliphatic heterocycles. The summed E-state index contributed by atoms with van der Waals surface area (Å²) in [6.45, 7) is 4.27. The Kier molecular flexibility index (Phi) is 4.12. The summed E-state index contributed by atoms with van der Waals surface area (Å²) in [4.78, 5) is 10.9. The molecule has 1 saturated heterocycles. The largest absolute Gasteiger partial charge is 0.391 e. The summed E-state index contributed by atoms with van der Waals surface area (Å²) in [5.74, 6) is 1.59. The van der Waals surface area contributed by atoms with E-state index in [4.69, 9.17) is 4.98 Å². The first-order chi connectivity index (χ1) is 11.2. The number of rotatable bonds is 2. The molecule has 4 rings (SSSR count). The normalized spacial score (nSPS) is 29.9.